The first-order valence-electron chi connectivity index (χ1n) is 5.24. The Morgan fingerprint density at radius 3 is 2.60 bits per heavy atom. The molecule has 3 heteroatoms. The van der Waals surface area contributed by atoms with Gasteiger partial charge in [0.1, 0.15) is 5.76 Å². The van der Waals surface area contributed by atoms with Crippen molar-refractivity contribution < 1.29 is 14.9 Å². The third-order valence-electron chi connectivity index (χ3n) is 3.30. The predicted octanol–water partition coefficient (Wildman–Crippen LogP) is 2.53. The molecule has 0 aliphatic heterocycles. The molecule has 1 aliphatic carbocycles. The zero-order chi connectivity index (χ0) is 11.7. The van der Waals surface area contributed by atoms with Gasteiger partial charge < -0.3 is 14.9 Å². The van der Waals surface area contributed by atoms with Crippen LogP contribution < -0.4 is 0 Å². The van der Waals surface area contributed by atoms with Gasteiger partial charge in [0.25, 0.3) is 0 Å². The number of hydrogen-bond donors (Lipinski definition) is 2. The van der Waals surface area contributed by atoms with E-state index in [9.17, 15) is 10.2 Å². The summed E-state index contributed by atoms with van der Waals surface area (Å²) >= 11 is 0. The molecule has 0 amide bonds. The average Bonchev–Trinajstić information content (AvgIpc) is 2.22. The molecule has 0 fully saturated rings. The van der Waals surface area contributed by atoms with E-state index in [1.54, 1.807) is 0 Å². The molecule has 0 saturated heterocycles. The van der Waals surface area contributed by atoms with Crippen molar-refractivity contribution in [1.29, 1.82) is 0 Å². The number of ether oxygens (including phenoxy) is 1. The van der Waals surface area contributed by atoms with E-state index in [4.69, 9.17) is 4.74 Å². The second-order valence-corrected chi connectivity index (χ2v) is 4.66. The maximum Gasteiger partial charge on any atom is 0.189 e. The van der Waals surface area contributed by atoms with Gasteiger partial charge in [-0.3, -0.25) is 0 Å². The molecule has 0 aromatic rings. The topological polar surface area (TPSA) is 49.7 Å². The molecule has 0 saturated carbocycles. The predicted molar refractivity (Wildman–Crippen MR) is 59.4 cm³/mol. The minimum atomic E-state index is -1.27. The summed E-state index contributed by atoms with van der Waals surface area (Å²) in [5.41, 5.74) is 0.721. The van der Waals surface area contributed by atoms with Crippen molar-refractivity contribution in [3.05, 3.63) is 23.5 Å². The highest BCUT2D eigenvalue weighted by Gasteiger charge is 2.35. The lowest BCUT2D eigenvalue weighted by molar-refractivity contribution is -0.148. The largest absolute Gasteiger partial charge is 0.508 e. The number of rotatable bonds is 3. The Kier molecular flexibility index (Phi) is 3.26. The van der Waals surface area contributed by atoms with E-state index in [0.29, 0.717) is 6.42 Å². The Balaban J connectivity index is 3.03. The molecule has 1 unspecified atom stereocenters. The van der Waals surface area contributed by atoms with E-state index in [-0.39, 0.29) is 11.2 Å². The zero-order valence-corrected chi connectivity index (χ0v) is 9.87. The van der Waals surface area contributed by atoms with Crippen LogP contribution >= 0.6 is 0 Å². The molecule has 3 nitrogen and oxygen atoms in total. The van der Waals surface area contributed by atoms with Gasteiger partial charge in [0, 0.05) is 13.5 Å². The minimum Gasteiger partial charge on any atom is -0.508 e. The lowest BCUT2D eigenvalue weighted by Crippen LogP contribution is -2.34. The lowest BCUT2D eigenvalue weighted by Gasteiger charge is -2.35. The van der Waals surface area contributed by atoms with Crippen molar-refractivity contribution in [1.82, 2.24) is 0 Å². The summed E-state index contributed by atoms with van der Waals surface area (Å²) in [6.45, 7) is 6.16. The van der Waals surface area contributed by atoms with Crippen molar-refractivity contribution >= 4 is 0 Å². The van der Waals surface area contributed by atoms with Crippen LogP contribution in [0.3, 0.4) is 0 Å². The molecule has 1 rings (SSSR count). The average molecular weight is 212 g/mol. The summed E-state index contributed by atoms with van der Waals surface area (Å²) in [5.74, 6) is -1.02. The highest BCUT2D eigenvalue weighted by Crippen LogP contribution is 2.40. The summed E-state index contributed by atoms with van der Waals surface area (Å²) in [6.07, 6.45) is 4.23. The Morgan fingerprint density at radius 2 is 2.13 bits per heavy atom. The van der Waals surface area contributed by atoms with Crippen molar-refractivity contribution in [3.8, 4) is 0 Å². The first kappa shape index (κ1) is 12.3. The normalized spacial score (nSPS) is 27.3. The third-order valence-corrected chi connectivity index (χ3v) is 3.30. The number of aliphatic hydroxyl groups excluding tert-OH is 1. The van der Waals surface area contributed by atoms with E-state index in [2.05, 4.69) is 6.92 Å². The van der Waals surface area contributed by atoms with Crippen LogP contribution in [0, 0.1) is 5.41 Å². The van der Waals surface area contributed by atoms with E-state index in [0.717, 1.165) is 12.0 Å². The van der Waals surface area contributed by atoms with E-state index in [1.807, 2.05) is 13.8 Å². The number of aliphatic hydroxyl groups is 2. The minimum absolute atomic E-state index is 0.124. The Labute approximate surface area is 91.1 Å². The van der Waals surface area contributed by atoms with Gasteiger partial charge in [-0.05, 0) is 29.6 Å². The maximum atomic E-state index is 9.97. The van der Waals surface area contributed by atoms with Gasteiger partial charge in [-0.25, -0.2) is 0 Å². The van der Waals surface area contributed by atoms with E-state index >= 15 is 0 Å². The summed E-state index contributed by atoms with van der Waals surface area (Å²) < 4.78 is 5.02. The summed E-state index contributed by atoms with van der Waals surface area (Å²) in [6, 6.07) is 0. The van der Waals surface area contributed by atoms with Crippen molar-refractivity contribution in [2.24, 2.45) is 5.41 Å². The molecule has 0 aromatic heterocycles. The van der Waals surface area contributed by atoms with Gasteiger partial charge in [0.05, 0.1) is 0 Å². The van der Waals surface area contributed by atoms with Gasteiger partial charge in [0.2, 0.25) is 0 Å². The molecule has 0 radical (unpaired) electrons. The fourth-order valence-corrected chi connectivity index (χ4v) is 1.65. The van der Waals surface area contributed by atoms with Crippen LogP contribution in [0.4, 0.5) is 0 Å². The van der Waals surface area contributed by atoms with Gasteiger partial charge in [-0.15, -0.1) is 0 Å². The molecular formula is C12H20O3. The van der Waals surface area contributed by atoms with Gasteiger partial charge in [-0.1, -0.05) is 20.8 Å². The van der Waals surface area contributed by atoms with Crippen molar-refractivity contribution in [2.45, 2.75) is 39.4 Å². The van der Waals surface area contributed by atoms with Crippen LogP contribution in [-0.4, -0.2) is 23.1 Å². The fourth-order valence-electron chi connectivity index (χ4n) is 1.65. The van der Waals surface area contributed by atoms with Crippen molar-refractivity contribution in [3.63, 3.8) is 0 Å². The van der Waals surface area contributed by atoms with E-state index < -0.39 is 5.79 Å². The zero-order valence-electron chi connectivity index (χ0n) is 9.87. The molecule has 0 bridgehead atoms. The molecule has 2 N–H and O–H groups in total. The van der Waals surface area contributed by atoms with Crippen molar-refractivity contribution in [2.75, 3.05) is 7.11 Å². The quantitative estimate of drug-likeness (QED) is 0.707. The third kappa shape index (κ3) is 2.41. The molecule has 1 atom stereocenters. The number of allylic oxidation sites excluding steroid dienone is 1. The summed E-state index contributed by atoms with van der Waals surface area (Å²) in [4.78, 5) is 0. The smallest absolute Gasteiger partial charge is 0.189 e. The van der Waals surface area contributed by atoms with E-state index in [1.165, 1.54) is 19.3 Å². The highest BCUT2D eigenvalue weighted by atomic mass is 16.6. The van der Waals surface area contributed by atoms with Gasteiger partial charge in [0.15, 0.2) is 5.79 Å². The maximum absolute atomic E-state index is 9.97. The SMILES string of the molecule is CCC(C)(C)C1=C(O)C=CC(O)(OC)C1. The number of methoxy groups -OCH3 is 1. The lowest BCUT2D eigenvalue weighted by atomic mass is 9.76. The van der Waals surface area contributed by atoms with Crippen LogP contribution in [0.1, 0.15) is 33.6 Å². The first-order chi connectivity index (χ1) is 6.84. The van der Waals surface area contributed by atoms with Crippen LogP contribution in [0.25, 0.3) is 0 Å². The molecule has 15 heavy (non-hydrogen) atoms. The second kappa shape index (κ2) is 3.99. The Morgan fingerprint density at radius 1 is 1.53 bits per heavy atom. The standard InChI is InChI=1S/C12H20O3/c1-5-11(2,3)9-8-12(14,15-4)7-6-10(9)13/h6-7,13-14H,5,8H2,1-4H3. The summed E-state index contributed by atoms with van der Waals surface area (Å²) in [7, 11) is 1.46. The van der Waals surface area contributed by atoms with Crippen LogP contribution in [0.5, 0.6) is 0 Å². The van der Waals surface area contributed by atoms with Gasteiger partial charge in [-0.2, -0.15) is 0 Å². The number of hydrogen-bond acceptors (Lipinski definition) is 3. The molecular weight excluding hydrogens is 192 g/mol. The first-order valence-corrected chi connectivity index (χ1v) is 5.24. The van der Waals surface area contributed by atoms with Crippen LogP contribution in [0.2, 0.25) is 0 Å². The second-order valence-electron chi connectivity index (χ2n) is 4.66. The van der Waals surface area contributed by atoms with Crippen LogP contribution in [-0.2, 0) is 4.74 Å². The molecule has 0 aromatic carbocycles. The monoisotopic (exact) mass is 212 g/mol. The highest BCUT2D eigenvalue weighted by molar-refractivity contribution is 5.31. The van der Waals surface area contributed by atoms with Gasteiger partial charge >= 0.3 is 0 Å². The van der Waals surface area contributed by atoms with Crippen LogP contribution in [0.15, 0.2) is 23.5 Å². The fraction of sp³-hybridized carbons (Fsp3) is 0.667. The molecule has 86 valence electrons. The summed E-state index contributed by atoms with van der Waals surface area (Å²) in [5, 5.41) is 19.8. The Bertz CT molecular complexity index is 302. The molecule has 0 heterocycles. The molecule has 1 aliphatic rings. The Hall–Kier alpha value is -0.800. The molecule has 0 spiro atoms.